The molecule has 0 saturated carbocycles. The number of carbonyl (C=O) groups excluding carboxylic acids is 1. The third-order valence-corrected chi connectivity index (χ3v) is 4.35. The zero-order valence-corrected chi connectivity index (χ0v) is 15.6. The monoisotopic (exact) mass is 364 g/mol. The van der Waals surface area contributed by atoms with Crippen molar-refractivity contribution in [3.05, 3.63) is 52.7 Å². The highest BCUT2D eigenvalue weighted by atomic mass is 32.2. The summed E-state index contributed by atoms with van der Waals surface area (Å²) in [5, 5.41) is 5.50. The van der Waals surface area contributed by atoms with Crippen molar-refractivity contribution in [3.8, 4) is 0 Å². The van der Waals surface area contributed by atoms with Crippen molar-refractivity contribution in [2.45, 2.75) is 33.7 Å². The van der Waals surface area contributed by atoms with E-state index in [-0.39, 0.29) is 16.6 Å². The van der Waals surface area contributed by atoms with Crippen LogP contribution in [0.3, 0.4) is 0 Å². The van der Waals surface area contributed by atoms with Crippen LogP contribution in [0.5, 0.6) is 0 Å². The van der Waals surface area contributed by atoms with Gasteiger partial charge in [0.25, 0.3) is 10.0 Å². The van der Waals surface area contributed by atoms with Crippen LogP contribution >= 0.6 is 0 Å². The van der Waals surface area contributed by atoms with E-state index in [9.17, 15) is 13.2 Å². The molecule has 0 unspecified atom stereocenters. The Morgan fingerprint density at radius 1 is 1.32 bits per heavy atom. The van der Waals surface area contributed by atoms with Crippen molar-refractivity contribution in [3.63, 3.8) is 0 Å². The standard InChI is InChI=1S/C17H24N4O3S/c1-6-15(20-14-9-7-8-13(4)10-14)16(11-18-5)25(23,24)21-17(22)19-12(2)3/h6-12,20H,5H2,1-4H3,(H2,19,21,22)/b15-6+,16-11+. The fourth-order valence-corrected chi connectivity index (χ4v) is 3.07. The number of benzene rings is 1. The molecular formula is C17H24N4O3S. The average molecular weight is 364 g/mol. The Kier molecular flexibility index (Phi) is 7.38. The molecule has 0 atom stereocenters. The van der Waals surface area contributed by atoms with Gasteiger partial charge in [0.15, 0.2) is 0 Å². The second-order valence-corrected chi connectivity index (χ2v) is 7.26. The maximum Gasteiger partial charge on any atom is 0.328 e. The first-order valence-electron chi connectivity index (χ1n) is 7.69. The molecule has 0 heterocycles. The predicted molar refractivity (Wildman–Crippen MR) is 102 cm³/mol. The minimum Gasteiger partial charge on any atom is -0.355 e. The van der Waals surface area contributed by atoms with E-state index in [2.05, 4.69) is 22.3 Å². The third-order valence-electron chi connectivity index (χ3n) is 3.00. The number of carbonyl (C=O) groups is 1. The second-order valence-electron chi connectivity index (χ2n) is 5.61. The van der Waals surface area contributed by atoms with Gasteiger partial charge in [0.2, 0.25) is 0 Å². The number of anilines is 1. The molecule has 0 aromatic heterocycles. The van der Waals surface area contributed by atoms with Crippen LogP contribution in [-0.4, -0.2) is 27.2 Å². The summed E-state index contributed by atoms with van der Waals surface area (Å²) in [5.74, 6) is 0. The first-order valence-corrected chi connectivity index (χ1v) is 9.17. The highest BCUT2D eigenvalue weighted by Crippen LogP contribution is 2.20. The summed E-state index contributed by atoms with van der Waals surface area (Å²) in [6.07, 6.45) is 2.67. The number of allylic oxidation sites excluding steroid dienone is 1. The maximum atomic E-state index is 12.6. The van der Waals surface area contributed by atoms with Gasteiger partial charge in [0, 0.05) is 17.9 Å². The molecular weight excluding hydrogens is 340 g/mol. The molecule has 0 saturated heterocycles. The Bertz CT molecular complexity index is 796. The fourth-order valence-electron chi connectivity index (χ4n) is 1.99. The molecule has 1 rings (SSSR count). The van der Waals surface area contributed by atoms with Crippen LogP contribution in [-0.2, 0) is 10.0 Å². The van der Waals surface area contributed by atoms with Gasteiger partial charge in [-0.2, -0.15) is 0 Å². The highest BCUT2D eigenvalue weighted by Gasteiger charge is 2.24. The minimum absolute atomic E-state index is 0.189. The van der Waals surface area contributed by atoms with Crippen LogP contribution in [0, 0.1) is 6.92 Å². The quantitative estimate of drug-likeness (QED) is 0.512. The van der Waals surface area contributed by atoms with Gasteiger partial charge in [-0.3, -0.25) is 4.99 Å². The van der Waals surface area contributed by atoms with Crippen molar-refractivity contribution < 1.29 is 13.2 Å². The molecule has 0 aliphatic rings. The van der Waals surface area contributed by atoms with Crippen LogP contribution in [0.1, 0.15) is 26.3 Å². The normalized spacial score (nSPS) is 12.7. The first-order chi connectivity index (χ1) is 11.7. The number of hydrogen-bond donors (Lipinski definition) is 3. The molecule has 2 amide bonds. The van der Waals surface area contributed by atoms with Gasteiger partial charge in [0.05, 0.1) is 5.70 Å². The molecule has 8 heteroatoms. The molecule has 0 spiro atoms. The number of amides is 2. The van der Waals surface area contributed by atoms with E-state index in [1.165, 1.54) is 0 Å². The number of nitrogens with zero attached hydrogens (tertiary/aromatic N) is 1. The summed E-state index contributed by atoms with van der Waals surface area (Å²) < 4.78 is 27.1. The summed E-state index contributed by atoms with van der Waals surface area (Å²) in [7, 11) is -4.14. The number of hydrogen-bond acceptors (Lipinski definition) is 5. The molecule has 0 aliphatic carbocycles. The number of urea groups is 1. The Balaban J connectivity index is 3.13. The molecule has 136 valence electrons. The van der Waals surface area contributed by atoms with E-state index in [1.807, 2.05) is 29.8 Å². The number of sulfonamides is 1. The van der Waals surface area contributed by atoms with Crippen LogP contribution in [0.4, 0.5) is 10.5 Å². The van der Waals surface area contributed by atoms with E-state index in [4.69, 9.17) is 0 Å². The molecule has 3 N–H and O–H groups in total. The van der Waals surface area contributed by atoms with Gasteiger partial charge < -0.3 is 10.6 Å². The molecule has 7 nitrogen and oxygen atoms in total. The molecule has 0 fully saturated rings. The number of nitrogens with one attached hydrogen (secondary N) is 3. The topological polar surface area (TPSA) is 99.7 Å². The van der Waals surface area contributed by atoms with Gasteiger partial charge in [-0.15, -0.1) is 0 Å². The molecule has 1 aromatic carbocycles. The summed E-state index contributed by atoms with van der Waals surface area (Å²) in [6.45, 7) is 10.4. The number of aliphatic imine (C=N–C) groups is 1. The third kappa shape index (κ3) is 6.42. The van der Waals surface area contributed by atoms with Gasteiger partial charge in [-0.25, -0.2) is 17.9 Å². The molecule has 1 aromatic rings. The lowest BCUT2D eigenvalue weighted by Gasteiger charge is -2.16. The number of aryl methyl sites for hydroxylation is 1. The van der Waals surface area contributed by atoms with E-state index in [0.717, 1.165) is 11.8 Å². The number of rotatable bonds is 7. The summed E-state index contributed by atoms with van der Waals surface area (Å²) in [5.41, 5.74) is 2.01. The fraction of sp³-hybridized carbons (Fsp3) is 0.294. The summed E-state index contributed by atoms with van der Waals surface area (Å²) in [4.78, 5) is 15.1. The molecule has 0 radical (unpaired) electrons. The smallest absolute Gasteiger partial charge is 0.328 e. The van der Waals surface area contributed by atoms with Gasteiger partial charge in [-0.05, 0) is 52.1 Å². The molecule has 0 aliphatic heterocycles. The zero-order valence-electron chi connectivity index (χ0n) is 14.8. The van der Waals surface area contributed by atoms with Gasteiger partial charge >= 0.3 is 6.03 Å². The maximum absolute atomic E-state index is 12.6. The van der Waals surface area contributed by atoms with Crippen molar-refractivity contribution in [2.24, 2.45) is 4.99 Å². The molecule has 25 heavy (non-hydrogen) atoms. The van der Waals surface area contributed by atoms with E-state index in [0.29, 0.717) is 5.69 Å². The molecule has 0 bridgehead atoms. The van der Waals surface area contributed by atoms with Crippen molar-refractivity contribution >= 4 is 28.5 Å². The van der Waals surface area contributed by atoms with E-state index >= 15 is 0 Å². The largest absolute Gasteiger partial charge is 0.355 e. The van der Waals surface area contributed by atoms with Crippen LogP contribution in [0.15, 0.2) is 52.1 Å². The lowest BCUT2D eigenvalue weighted by Crippen LogP contribution is -2.43. The Hall–Kier alpha value is -2.61. The first kappa shape index (κ1) is 20.4. The van der Waals surface area contributed by atoms with E-state index < -0.39 is 16.1 Å². The Labute approximate surface area is 149 Å². The second kappa shape index (κ2) is 9.03. The lowest BCUT2D eigenvalue weighted by atomic mass is 10.2. The summed E-state index contributed by atoms with van der Waals surface area (Å²) in [6, 6.07) is 6.44. The van der Waals surface area contributed by atoms with Crippen molar-refractivity contribution in [1.29, 1.82) is 0 Å². The lowest BCUT2D eigenvalue weighted by molar-refractivity contribution is 0.243. The summed E-state index contributed by atoms with van der Waals surface area (Å²) >= 11 is 0. The zero-order chi connectivity index (χ0) is 19.0. The Morgan fingerprint density at radius 2 is 2.00 bits per heavy atom. The van der Waals surface area contributed by atoms with Crippen LogP contribution < -0.4 is 15.4 Å². The van der Waals surface area contributed by atoms with Crippen molar-refractivity contribution in [1.82, 2.24) is 10.0 Å². The predicted octanol–water partition coefficient (Wildman–Crippen LogP) is 2.89. The minimum atomic E-state index is -4.14. The van der Waals surface area contributed by atoms with Gasteiger partial charge in [0.1, 0.15) is 4.91 Å². The van der Waals surface area contributed by atoms with Gasteiger partial charge in [-0.1, -0.05) is 18.2 Å². The van der Waals surface area contributed by atoms with E-state index in [1.54, 1.807) is 32.9 Å². The average Bonchev–Trinajstić information content (AvgIpc) is 2.49. The Morgan fingerprint density at radius 3 is 2.52 bits per heavy atom. The van der Waals surface area contributed by atoms with Crippen molar-refractivity contribution in [2.75, 3.05) is 5.32 Å². The SMILES string of the molecule is C=N/C=C(\C(=C/C)Nc1cccc(C)c1)S(=O)(=O)NC(=O)NC(C)C. The van der Waals surface area contributed by atoms with Crippen LogP contribution in [0.2, 0.25) is 0 Å². The highest BCUT2D eigenvalue weighted by molar-refractivity contribution is 7.94. The van der Waals surface area contributed by atoms with Crippen LogP contribution in [0.25, 0.3) is 0 Å².